The van der Waals surface area contributed by atoms with Crippen molar-refractivity contribution in [2.24, 2.45) is 0 Å². The highest BCUT2D eigenvalue weighted by Gasteiger charge is 2.30. The Bertz CT molecular complexity index is 592. The van der Waals surface area contributed by atoms with Gasteiger partial charge in [0, 0.05) is 24.5 Å². The van der Waals surface area contributed by atoms with E-state index in [0.29, 0.717) is 0 Å². The second-order valence-electron chi connectivity index (χ2n) is 5.30. The molecular weight excluding hydrogens is 248 g/mol. The third-order valence-electron chi connectivity index (χ3n) is 3.90. The fourth-order valence-electron chi connectivity index (χ4n) is 2.80. The maximum atomic E-state index is 12.7. The number of pyridine rings is 1. The molecule has 3 heteroatoms. The molecular formula is C17H18N2O. The zero-order valence-electron chi connectivity index (χ0n) is 11.6. The van der Waals surface area contributed by atoms with Crippen molar-refractivity contribution in [2.75, 3.05) is 6.54 Å². The monoisotopic (exact) mass is 266 g/mol. The van der Waals surface area contributed by atoms with E-state index in [-0.39, 0.29) is 11.9 Å². The van der Waals surface area contributed by atoms with Gasteiger partial charge in [-0.2, -0.15) is 0 Å². The summed E-state index contributed by atoms with van der Waals surface area (Å²) in [6, 6.07) is 12.0. The van der Waals surface area contributed by atoms with Crippen molar-refractivity contribution in [1.29, 1.82) is 0 Å². The van der Waals surface area contributed by atoms with Crippen LogP contribution in [0.2, 0.25) is 0 Å². The van der Waals surface area contributed by atoms with Crippen LogP contribution in [0.3, 0.4) is 0 Å². The number of carbonyl (C=O) groups excluding carboxylic acids is 1. The van der Waals surface area contributed by atoms with E-state index >= 15 is 0 Å². The van der Waals surface area contributed by atoms with Gasteiger partial charge in [-0.05, 0) is 49.6 Å². The van der Waals surface area contributed by atoms with Crippen molar-refractivity contribution in [2.45, 2.75) is 25.8 Å². The van der Waals surface area contributed by atoms with E-state index < -0.39 is 0 Å². The van der Waals surface area contributed by atoms with Crippen molar-refractivity contribution >= 4 is 5.91 Å². The number of carbonyl (C=O) groups is 1. The first-order valence-corrected chi connectivity index (χ1v) is 7.03. The summed E-state index contributed by atoms with van der Waals surface area (Å²) >= 11 is 0. The number of rotatable bonds is 2. The lowest BCUT2D eigenvalue weighted by molar-refractivity contribution is 0.0735. The summed E-state index contributed by atoms with van der Waals surface area (Å²) in [7, 11) is 0. The third-order valence-corrected chi connectivity index (χ3v) is 3.90. The van der Waals surface area contributed by atoms with Gasteiger partial charge in [-0.25, -0.2) is 0 Å². The minimum Gasteiger partial charge on any atom is -0.332 e. The molecule has 1 unspecified atom stereocenters. The predicted octanol–water partition coefficient (Wildman–Crippen LogP) is 3.37. The van der Waals surface area contributed by atoms with E-state index in [2.05, 4.69) is 4.98 Å². The zero-order valence-corrected chi connectivity index (χ0v) is 11.6. The summed E-state index contributed by atoms with van der Waals surface area (Å²) in [4.78, 5) is 18.7. The molecule has 2 aromatic rings. The first-order chi connectivity index (χ1) is 9.75. The molecule has 3 nitrogen and oxygen atoms in total. The average Bonchev–Trinajstić information content (AvgIpc) is 2.97. The molecule has 1 fully saturated rings. The van der Waals surface area contributed by atoms with E-state index in [4.69, 9.17) is 0 Å². The highest BCUT2D eigenvalue weighted by molar-refractivity contribution is 5.94. The summed E-state index contributed by atoms with van der Waals surface area (Å²) in [5.41, 5.74) is 3.13. The average molecular weight is 266 g/mol. The Hall–Kier alpha value is -2.16. The second kappa shape index (κ2) is 5.45. The van der Waals surface area contributed by atoms with Crippen LogP contribution in [0.5, 0.6) is 0 Å². The molecule has 0 bridgehead atoms. The number of likely N-dealkylation sites (tertiary alicyclic amines) is 1. The fraction of sp³-hybridized carbons (Fsp3) is 0.294. The van der Waals surface area contributed by atoms with Gasteiger partial charge in [-0.1, -0.05) is 17.7 Å². The summed E-state index contributed by atoms with van der Waals surface area (Å²) in [5, 5.41) is 0. The maximum Gasteiger partial charge on any atom is 0.254 e. The molecule has 1 aliphatic heterocycles. The fourth-order valence-corrected chi connectivity index (χ4v) is 2.80. The van der Waals surface area contributed by atoms with Gasteiger partial charge in [0.05, 0.1) is 6.04 Å². The standard InChI is InChI=1S/C17H18N2O/c1-13-4-6-15(7-5-13)17(20)19-12-2-3-16(19)14-8-10-18-11-9-14/h4-11,16H,2-3,12H2,1H3. The number of benzene rings is 1. The molecule has 1 aliphatic rings. The van der Waals surface area contributed by atoms with Crippen LogP contribution in [0.15, 0.2) is 48.8 Å². The molecule has 1 aromatic heterocycles. The number of hydrogen-bond donors (Lipinski definition) is 0. The smallest absolute Gasteiger partial charge is 0.254 e. The Morgan fingerprint density at radius 1 is 1.15 bits per heavy atom. The number of aromatic nitrogens is 1. The Balaban J connectivity index is 1.85. The van der Waals surface area contributed by atoms with Gasteiger partial charge >= 0.3 is 0 Å². The van der Waals surface area contributed by atoms with Crippen LogP contribution in [-0.4, -0.2) is 22.3 Å². The summed E-state index contributed by atoms with van der Waals surface area (Å²) in [5.74, 6) is 0.129. The summed E-state index contributed by atoms with van der Waals surface area (Å²) < 4.78 is 0. The molecule has 0 spiro atoms. The van der Waals surface area contributed by atoms with Gasteiger partial charge in [0.2, 0.25) is 0 Å². The molecule has 1 saturated heterocycles. The van der Waals surface area contributed by atoms with E-state index in [9.17, 15) is 4.79 Å². The second-order valence-corrected chi connectivity index (χ2v) is 5.30. The molecule has 1 aromatic carbocycles. The maximum absolute atomic E-state index is 12.7. The third kappa shape index (κ3) is 2.44. The first kappa shape index (κ1) is 12.9. The van der Waals surface area contributed by atoms with Crippen LogP contribution in [-0.2, 0) is 0 Å². The van der Waals surface area contributed by atoms with E-state index in [1.165, 1.54) is 11.1 Å². The topological polar surface area (TPSA) is 33.2 Å². The molecule has 0 saturated carbocycles. The highest BCUT2D eigenvalue weighted by Crippen LogP contribution is 2.32. The lowest BCUT2D eigenvalue weighted by Crippen LogP contribution is -2.30. The van der Waals surface area contributed by atoms with Gasteiger partial charge < -0.3 is 4.90 Å². The van der Waals surface area contributed by atoms with Gasteiger partial charge in [0.25, 0.3) is 5.91 Å². The quantitative estimate of drug-likeness (QED) is 0.835. The number of hydrogen-bond acceptors (Lipinski definition) is 2. The van der Waals surface area contributed by atoms with Gasteiger partial charge in [-0.3, -0.25) is 9.78 Å². The molecule has 0 N–H and O–H groups in total. The van der Waals surface area contributed by atoms with Crippen LogP contribution in [0, 0.1) is 6.92 Å². The van der Waals surface area contributed by atoms with Crippen LogP contribution in [0.4, 0.5) is 0 Å². The number of nitrogens with zero attached hydrogens (tertiary/aromatic N) is 2. The predicted molar refractivity (Wildman–Crippen MR) is 78.4 cm³/mol. The van der Waals surface area contributed by atoms with Gasteiger partial charge in [0.1, 0.15) is 0 Å². The van der Waals surface area contributed by atoms with Gasteiger partial charge in [-0.15, -0.1) is 0 Å². The summed E-state index contributed by atoms with van der Waals surface area (Å²) in [6.45, 7) is 2.86. The molecule has 0 aliphatic carbocycles. The lowest BCUT2D eigenvalue weighted by atomic mass is 10.1. The highest BCUT2D eigenvalue weighted by atomic mass is 16.2. The molecule has 1 atom stereocenters. The van der Waals surface area contributed by atoms with Crippen molar-refractivity contribution in [1.82, 2.24) is 9.88 Å². The minimum atomic E-state index is 0.129. The molecule has 3 rings (SSSR count). The Labute approximate surface area is 119 Å². The van der Waals surface area contributed by atoms with E-state index in [0.717, 1.165) is 24.9 Å². The SMILES string of the molecule is Cc1ccc(C(=O)N2CCCC2c2ccncc2)cc1. The molecule has 20 heavy (non-hydrogen) atoms. The van der Waals surface area contributed by atoms with Crippen molar-refractivity contribution < 1.29 is 4.79 Å². The molecule has 1 amide bonds. The van der Waals surface area contributed by atoms with Crippen molar-refractivity contribution in [3.63, 3.8) is 0 Å². The van der Waals surface area contributed by atoms with Crippen LogP contribution >= 0.6 is 0 Å². The van der Waals surface area contributed by atoms with Crippen LogP contribution in [0.25, 0.3) is 0 Å². The van der Waals surface area contributed by atoms with Crippen LogP contribution in [0.1, 0.15) is 40.4 Å². The normalized spacial score (nSPS) is 18.2. The van der Waals surface area contributed by atoms with Crippen molar-refractivity contribution in [3.05, 3.63) is 65.5 Å². The van der Waals surface area contributed by atoms with E-state index in [1.807, 2.05) is 48.2 Å². The van der Waals surface area contributed by atoms with Gasteiger partial charge in [0.15, 0.2) is 0 Å². The van der Waals surface area contributed by atoms with E-state index in [1.54, 1.807) is 12.4 Å². The lowest BCUT2D eigenvalue weighted by Gasteiger charge is -2.25. The Kier molecular flexibility index (Phi) is 3.50. The van der Waals surface area contributed by atoms with Crippen molar-refractivity contribution in [3.8, 4) is 0 Å². The zero-order chi connectivity index (χ0) is 13.9. The molecule has 0 radical (unpaired) electrons. The summed E-state index contributed by atoms with van der Waals surface area (Å²) in [6.07, 6.45) is 5.68. The minimum absolute atomic E-state index is 0.129. The Morgan fingerprint density at radius 3 is 2.55 bits per heavy atom. The molecule has 102 valence electrons. The first-order valence-electron chi connectivity index (χ1n) is 7.03. The largest absolute Gasteiger partial charge is 0.332 e. The molecule has 2 heterocycles. The number of aryl methyl sites for hydroxylation is 1. The Morgan fingerprint density at radius 2 is 1.85 bits per heavy atom. The number of amides is 1. The van der Waals surface area contributed by atoms with Crippen LogP contribution < -0.4 is 0 Å².